The Kier molecular flexibility index (Phi) is 2.17. The molecular formula is CH4O6S2. The maximum Gasteiger partial charge on any atom is 0.412 e. The normalized spacial score (nSPS) is 13.6. The van der Waals surface area contributed by atoms with Crippen LogP contribution in [-0.2, 0) is 24.1 Å². The van der Waals surface area contributed by atoms with E-state index in [0.29, 0.717) is 6.26 Å². The highest BCUT2D eigenvalue weighted by Gasteiger charge is 2.13. The van der Waals surface area contributed by atoms with E-state index in [-0.39, 0.29) is 0 Å². The van der Waals surface area contributed by atoms with Crippen molar-refractivity contribution in [2.24, 2.45) is 0 Å². The van der Waals surface area contributed by atoms with Crippen LogP contribution in [0.25, 0.3) is 0 Å². The van der Waals surface area contributed by atoms with Crippen molar-refractivity contribution in [2.75, 3.05) is 6.26 Å². The first-order valence-electron chi connectivity index (χ1n) is 1.59. The van der Waals surface area contributed by atoms with Gasteiger partial charge in [-0.25, -0.2) is 0 Å². The van der Waals surface area contributed by atoms with Gasteiger partial charge >= 0.3 is 10.4 Å². The van der Waals surface area contributed by atoms with E-state index in [2.05, 4.69) is 3.63 Å². The molecule has 0 aliphatic carbocycles. The Morgan fingerprint density at radius 3 is 1.56 bits per heavy atom. The largest absolute Gasteiger partial charge is 0.412 e. The Morgan fingerprint density at radius 1 is 1.22 bits per heavy atom. The topological polar surface area (TPSA) is 97.7 Å². The van der Waals surface area contributed by atoms with Crippen molar-refractivity contribution < 1.29 is 25.0 Å². The minimum Gasteiger partial charge on any atom is -0.263 e. The van der Waals surface area contributed by atoms with Gasteiger partial charge in [0.2, 0.25) is 0 Å². The molecule has 0 bridgehead atoms. The van der Waals surface area contributed by atoms with Crippen molar-refractivity contribution in [3.8, 4) is 0 Å². The molecule has 0 spiro atoms. The maximum absolute atomic E-state index is 9.89. The van der Waals surface area contributed by atoms with Crippen LogP contribution in [-0.4, -0.2) is 27.6 Å². The lowest BCUT2D eigenvalue weighted by Gasteiger charge is -1.91. The molecule has 8 heteroatoms. The van der Waals surface area contributed by atoms with Crippen molar-refractivity contribution in [3.63, 3.8) is 0 Å². The third-order valence-electron chi connectivity index (χ3n) is 0.210. The molecule has 0 amide bonds. The zero-order valence-corrected chi connectivity index (χ0v) is 5.94. The Balaban J connectivity index is 4.46. The summed E-state index contributed by atoms with van der Waals surface area (Å²) in [7, 11) is -8.99. The summed E-state index contributed by atoms with van der Waals surface area (Å²) in [6, 6.07) is 0. The lowest BCUT2D eigenvalue weighted by molar-refractivity contribution is 0.386. The van der Waals surface area contributed by atoms with E-state index in [1.807, 2.05) is 0 Å². The average molecular weight is 176 g/mol. The zero-order chi connectivity index (χ0) is 7.71. The van der Waals surface area contributed by atoms with Crippen LogP contribution in [0.2, 0.25) is 0 Å². The lowest BCUT2D eigenvalue weighted by Crippen LogP contribution is -2.09. The Bertz CT molecular complexity index is 236. The van der Waals surface area contributed by atoms with Gasteiger partial charge in [0.1, 0.15) is 0 Å². The lowest BCUT2D eigenvalue weighted by atomic mass is 12.0. The molecular weight excluding hydrogens is 172 g/mol. The number of hydrogen-bond donors (Lipinski definition) is 1. The first kappa shape index (κ1) is 8.82. The van der Waals surface area contributed by atoms with Gasteiger partial charge in [0.15, 0.2) is 0 Å². The van der Waals surface area contributed by atoms with Crippen LogP contribution >= 0.6 is 0 Å². The van der Waals surface area contributed by atoms with Crippen LogP contribution < -0.4 is 0 Å². The Labute approximate surface area is 52.5 Å². The van der Waals surface area contributed by atoms with E-state index in [1.165, 1.54) is 0 Å². The summed E-state index contributed by atoms with van der Waals surface area (Å²) < 4.78 is 49.8. The first-order valence-corrected chi connectivity index (χ1v) is 4.77. The van der Waals surface area contributed by atoms with Gasteiger partial charge < -0.3 is 0 Å². The molecule has 0 atom stereocenters. The highest BCUT2D eigenvalue weighted by atomic mass is 32.3. The van der Waals surface area contributed by atoms with Crippen LogP contribution in [0, 0.1) is 0 Å². The third kappa shape index (κ3) is 7.82. The second kappa shape index (κ2) is 2.21. The predicted octanol–water partition coefficient (Wildman–Crippen LogP) is -1.23. The summed E-state index contributed by atoms with van der Waals surface area (Å²) in [4.78, 5) is 0. The molecule has 0 fully saturated rings. The molecule has 6 nitrogen and oxygen atoms in total. The molecule has 0 rings (SSSR count). The molecule has 0 aromatic heterocycles. The molecule has 0 aromatic rings. The summed E-state index contributed by atoms with van der Waals surface area (Å²) in [5.74, 6) is 0. The Hall–Kier alpha value is -0.180. The molecule has 1 N–H and O–H groups in total. The summed E-state index contributed by atoms with van der Waals surface area (Å²) >= 11 is 0. The van der Waals surface area contributed by atoms with E-state index in [1.54, 1.807) is 0 Å². The molecule has 56 valence electrons. The minimum absolute atomic E-state index is 0.501. The van der Waals surface area contributed by atoms with Gasteiger partial charge in [0.25, 0.3) is 10.1 Å². The molecule has 0 radical (unpaired) electrons. The van der Waals surface area contributed by atoms with Crippen molar-refractivity contribution in [2.45, 2.75) is 0 Å². The fourth-order valence-corrected chi connectivity index (χ4v) is 1.41. The van der Waals surface area contributed by atoms with Crippen LogP contribution in [0.4, 0.5) is 0 Å². The molecule has 0 saturated carbocycles. The highest BCUT2D eigenvalue weighted by molar-refractivity contribution is 7.97. The van der Waals surface area contributed by atoms with Gasteiger partial charge in [0.05, 0.1) is 6.26 Å². The van der Waals surface area contributed by atoms with E-state index < -0.39 is 20.5 Å². The standard InChI is InChI=1S/CH4O6S2/c1-8(2,3)7-9(4,5)6/h1H3,(H,4,5,6). The maximum atomic E-state index is 9.89. The highest BCUT2D eigenvalue weighted by Crippen LogP contribution is 1.92. The van der Waals surface area contributed by atoms with Gasteiger partial charge in [-0.05, 0) is 0 Å². The van der Waals surface area contributed by atoms with Crippen LogP contribution in [0.5, 0.6) is 0 Å². The molecule has 0 saturated heterocycles. The summed E-state index contributed by atoms with van der Waals surface area (Å²) in [6.45, 7) is 0. The monoisotopic (exact) mass is 176 g/mol. The third-order valence-corrected chi connectivity index (χ3v) is 1.89. The SMILES string of the molecule is CS(=O)(=O)OS(=O)(=O)O. The molecule has 0 aliphatic heterocycles. The zero-order valence-electron chi connectivity index (χ0n) is 4.30. The molecule has 0 heterocycles. The fourth-order valence-electron chi connectivity index (χ4n) is 0.156. The molecule has 0 unspecified atom stereocenters. The van der Waals surface area contributed by atoms with Crippen LogP contribution in [0.3, 0.4) is 0 Å². The number of rotatable bonds is 2. The van der Waals surface area contributed by atoms with E-state index in [9.17, 15) is 16.8 Å². The van der Waals surface area contributed by atoms with Gasteiger partial charge in [-0.2, -0.15) is 16.8 Å². The van der Waals surface area contributed by atoms with Gasteiger partial charge in [-0.15, -0.1) is 3.63 Å². The summed E-state index contributed by atoms with van der Waals surface area (Å²) in [6.07, 6.45) is 0.501. The fraction of sp³-hybridized carbons (Fsp3) is 1.00. The van der Waals surface area contributed by atoms with Crippen LogP contribution in [0.1, 0.15) is 0 Å². The summed E-state index contributed by atoms with van der Waals surface area (Å²) in [5.41, 5.74) is 0. The van der Waals surface area contributed by atoms with Crippen LogP contribution in [0.15, 0.2) is 0 Å². The smallest absolute Gasteiger partial charge is 0.263 e. The van der Waals surface area contributed by atoms with Crippen molar-refractivity contribution in [3.05, 3.63) is 0 Å². The van der Waals surface area contributed by atoms with E-state index >= 15 is 0 Å². The van der Waals surface area contributed by atoms with Crippen molar-refractivity contribution >= 4 is 20.5 Å². The molecule has 9 heavy (non-hydrogen) atoms. The Morgan fingerprint density at radius 2 is 1.56 bits per heavy atom. The second-order valence-electron chi connectivity index (χ2n) is 1.20. The van der Waals surface area contributed by atoms with Gasteiger partial charge in [0, 0.05) is 0 Å². The second-order valence-corrected chi connectivity index (χ2v) is 4.01. The molecule has 0 aliphatic rings. The first-order chi connectivity index (χ1) is 3.71. The van der Waals surface area contributed by atoms with Crippen molar-refractivity contribution in [1.29, 1.82) is 0 Å². The average Bonchev–Trinajstić information content (AvgIpc) is 1.14. The van der Waals surface area contributed by atoms with Gasteiger partial charge in [-0.1, -0.05) is 0 Å². The van der Waals surface area contributed by atoms with Crippen molar-refractivity contribution in [1.82, 2.24) is 0 Å². The quantitative estimate of drug-likeness (QED) is 0.529. The predicted molar refractivity (Wildman–Crippen MR) is 27.5 cm³/mol. The minimum atomic E-state index is -4.87. The van der Waals surface area contributed by atoms with E-state index in [4.69, 9.17) is 4.55 Å². The summed E-state index contributed by atoms with van der Waals surface area (Å²) in [5, 5.41) is 0. The van der Waals surface area contributed by atoms with E-state index in [0.717, 1.165) is 0 Å². The molecule has 0 aromatic carbocycles. The van der Waals surface area contributed by atoms with Gasteiger partial charge in [-0.3, -0.25) is 4.55 Å². The number of hydrogen-bond acceptors (Lipinski definition) is 5.